The SMILES string of the molecule is CC1(C)CC(SCc2noc3cc(Cl)c([N+](=O)[O-])cc23)=NO1. The minimum absolute atomic E-state index is 0.0307. The Labute approximate surface area is 134 Å². The molecular weight excluding hydrogens is 330 g/mol. The molecule has 1 aromatic heterocycles. The molecule has 1 aliphatic heterocycles. The van der Waals surface area contributed by atoms with Gasteiger partial charge in [0.2, 0.25) is 0 Å². The zero-order valence-corrected chi connectivity index (χ0v) is 13.4. The van der Waals surface area contributed by atoms with E-state index in [-0.39, 0.29) is 16.3 Å². The molecule has 7 nitrogen and oxygen atoms in total. The third kappa shape index (κ3) is 2.89. The van der Waals surface area contributed by atoms with Crippen LogP contribution in [0.15, 0.2) is 21.8 Å². The number of aromatic nitrogens is 1. The van der Waals surface area contributed by atoms with Crippen molar-refractivity contribution in [2.45, 2.75) is 31.6 Å². The molecule has 0 saturated heterocycles. The predicted octanol–water partition coefficient (Wildman–Crippen LogP) is 4.14. The summed E-state index contributed by atoms with van der Waals surface area (Å²) in [4.78, 5) is 15.7. The van der Waals surface area contributed by atoms with Gasteiger partial charge in [0, 0.05) is 24.3 Å². The van der Waals surface area contributed by atoms with Crippen molar-refractivity contribution in [3.63, 3.8) is 0 Å². The van der Waals surface area contributed by atoms with Gasteiger partial charge in [-0.1, -0.05) is 21.9 Å². The number of oxime groups is 1. The molecule has 2 heterocycles. The number of rotatable bonds is 3. The molecule has 0 atom stereocenters. The first kappa shape index (κ1) is 15.1. The van der Waals surface area contributed by atoms with E-state index in [0.29, 0.717) is 22.4 Å². The van der Waals surface area contributed by atoms with E-state index in [9.17, 15) is 10.1 Å². The molecule has 1 aliphatic rings. The Bertz CT molecular complexity index is 787. The molecule has 2 aromatic rings. The molecule has 9 heteroatoms. The van der Waals surface area contributed by atoms with Crippen molar-refractivity contribution in [1.82, 2.24) is 5.16 Å². The zero-order valence-electron chi connectivity index (χ0n) is 11.8. The Morgan fingerprint density at radius 2 is 2.27 bits per heavy atom. The van der Waals surface area contributed by atoms with E-state index in [0.717, 1.165) is 11.5 Å². The first-order valence-corrected chi connectivity index (χ1v) is 7.82. The molecule has 0 amide bonds. The summed E-state index contributed by atoms with van der Waals surface area (Å²) in [6, 6.07) is 2.80. The highest BCUT2D eigenvalue weighted by Crippen LogP contribution is 2.34. The number of nitro benzene ring substituents is 1. The Morgan fingerprint density at radius 3 is 2.91 bits per heavy atom. The largest absolute Gasteiger partial charge is 0.389 e. The first-order valence-electron chi connectivity index (χ1n) is 6.46. The fourth-order valence-electron chi connectivity index (χ4n) is 2.07. The van der Waals surface area contributed by atoms with Crippen molar-refractivity contribution in [3.05, 3.63) is 33.0 Å². The first-order chi connectivity index (χ1) is 10.4. The van der Waals surface area contributed by atoms with Gasteiger partial charge in [0.05, 0.1) is 10.3 Å². The number of halogens is 1. The lowest BCUT2D eigenvalue weighted by atomic mass is 10.1. The van der Waals surface area contributed by atoms with Crippen LogP contribution in [0.3, 0.4) is 0 Å². The molecule has 22 heavy (non-hydrogen) atoms. The van der Waals surface area contributed by atoms with E-state index in [2.05, 4.69) is 10.3 Å². The number of benzene rings is 1. The van der Waals surface area contributed by atoms with Gasteiger partial charge in [0.15, 0.2) is 5.58 Å². The topological polar surface area (TPSA) is 90.8 Å². The zero-order chi connectivity index (χ0) is 15.9. The average Bonchev–Trinajstić information content (AvgIpc) is 2.98. The van der Waals surface area contributed by atoms with Gasteiger partial charge in [-0.05, 0) is 13.8 Å². The van der Waals surface area contributed by atoms with Gasteiger partial charge in [-0.3, -0.25) is 10.1 Å². The van der Waals surface area contributed by atoms with E-state index in [4.69, 9.17) is 21.0 Å². The van der Waals surface area contributed by atoms with Crippen LogP contribution in [-0.2, 0) is 10.6 Å². The lowest BCUT2D eigenvalue weighted by Crippen LogP contribution is -2.18. The molecule has 0 bridgehead atoms. The molecule has 3 rings (SSSR count). The van der Waals surface area contributed by atoms with Crippen LogP contribution in [0, 0.1) is 10.1 Å². The van der Waals surface area contributed by atoms with E-state index < -0.39 is 4.92 Å². The highest BCUT2D eigenvalue weighted by atomic mass is 35.5. The molecule has 0 saturated carbocycles. The smallest absolute Gasteiger partial charge is 0.288 e. The van der Waals surface area contributed by atoms with Gasteiger partial charge in [0.1, 0.15) is 21.4 Å². The summed E-state index contributed by atoms with van der Waals surface area (Å²) < 4.78 is 5.18. The van der Waals surface area contributed by atoms with Crippen LogP contribution >= 0.6 is 23.4 Å². The van der Waals surface area contributed by atoms with Crippen LogP contribution < -0.4 is 0 Å². The second-order valence-corrected chi connectivity index (χ2v) is 6.94. The van der Waals surface area contributed by atoms with Crippen molar-refractivity contribution in [2.75, 3.05) is 0 Å². The van der Waals surface area contributed by atoms with Crippen LogP contribution in [0.2, 0.25) is 5.02 Å². The Hall–Kier alpha value is -1.80. The van der Waals surface area contributed by atoms with Gasteiger partial charge in [-0.2, -0.15) is 0 Å². The summed E-state index contributed by atoms with van der Waals surface area (Å²) in [6.45, 7) is 3.92. The molecule has 0 spiro atoms. The van der Waals surface area contributed by atoms with Crippen LogP contribution in [0.4, 0.5) is 5.69 Å². The second-order valence-electron chi connectivity index (χ2n) is 5.49. The molecule has 0 N–H and O–H groups in total. The maximum Gasteiger partial charge on any atom is 0.288 e. The number of nitro groups is 1. The van der Waals surface area contributed by atoms with Crippen LogP contribution in [-0.4, -0.2) is 20.7 Å². The van der Waals surface area contributed by atoms with Crippen molar-refractivity contribution in [1.29, 1.82) is 0 Å². The minimum Gasteiger partial charge on any atom is -0.389 e. The molecule has 0 fully saturated rings. The van der Waals surface area contributed by atoms with Crippen LogP contribution in [0.1, 0.15) is 26.0 Å². The van der Waals surface area contributed by atoms with Gasteiger partial charge in [0.25, 0.3) is 5.69 Å². The maximum atomic E-state index is 11.0. The van der Waals surface area contributed by atoms with Crippen molar-refractivity contribution in [3.8, 4) is 0 Å². The Balaban J connectivity index is 1.83. The van der Waals surface area contributed by atoms with Gasteiger partial charge in [-0.25, -0.2) is 0 Å². The summed E-state index contributed by atoms with van der Waals surface area (Å²) in [5.41, 5.74) is 0.593. The molecule has 0 unspecified atom stereocenters. The van der Waals surface area contributed by atoms with E-state index in [1.165, 1.54) is 23.9 Å². The summed E-state index contributed by atoms with van der Waals surface area (Å²) in [5, 5.41) is 20.4. The number of fused-ring (bicyclic) bond motifs is 1. The van der Waals surface area contributed by atoms with Crippen molar-refractivity contribution in [2.24, 2.45) is 5.16 Å². The molecule has 0 radical (unpaired) electrons. The van der Waals surface area contributed by atoms with Crippen LogP contribution in [0.25, 0.3) is 11.0 Å². The normalized spacial score (nSPS) is 16.6. The number of hydrogen-bond acceptors (Lipinski definition) is 7. The van der Waals surface area contributed by atoms with Crippen molar-refractivity contribution >= 4 is 45.1 Å². The molecule has 1 aromatic carbocycles. The summed E-state index contributed by atoms with van der Waals surface area (Å²) >= 11 is 7.33. The second kappa shape index (κ2) is 5.44. The standard InChI is InChI=1S/C13H12ClN3O4S/c1-13(2)5-12(16-21-13)22-6-9-7-3-10(17(18)19)8(14)4-11(7)20-15-9/h3-4H,5-6H2,1-2H3. The quantitative estimate of drug-likeness (QED) is 0.615. The molecule has 116 valence electrons. The number of thioether (sulfide) groups is 1. The fraction of sp³-hybridized carbons (Fsp3) is 0.385. The van der Waals surface area contributed by atoms with E-state index >= 15 is 0 Å². The highest BCUT2D eigenvalue weighted by molar-refractivity contribution is 8.13. The third-order valence-corrected chi connectivity index (χ3v) is 4.43. The minimum atomic E-state index is -0.525. The predicted molar refractivity (Wildman–Crippen MR) is 84.2 cm³/mol. The molecule has 0 aliphatic carbocycles. The summed E-state index contributed by atoms with van der Waals surface area (Å²) in [5.74, 6) is 0.490. The average molecular weight is 342 g/mol. The number of hydrogen-bond donors (Lipinski definition) is 0. The molecular formula is C13H12ClN3O4S. The Kier molecular flexibility index (Phi) is 3.73. The lowest BCUT2D eigenvalue weighted by Gasteiger charge is -2.12. The third-order valence-electron chi connectivity index (χ3n) is 3.16. The highest BCUT2D eigenvalue weighted by Gasteiger charge is 2.29. The van der Waals surface area contributed by atoms with E-state index in [1.54, 1.807) is 0 Å². The fourth-order valence-corrected chi connectivity index (χ4v) is 3.35. The lowest BCUT2D eigenvalue weighted by molar-refractivity contribution is -0.384. The maximum absolute atomic E-state index is 11.0. The Morgan fingerprint density at radius 1 is 1.50 bits per heavy atom. The van der Waals surface area contributed by atoms with Gasteiger partial charge < -0.3 is 9.36 Å². The summed E-state index contributed by atoms with van der Waals surface area (Å²) in [6.07, 6.45) is 0.722. The summed E-state index contributed by atoms with van der Waals surface area (Å²) in [7, 11) is 0. The van der Waals surface area contributed by atoms with Crippen molar-refractivity contribution < 1.29 is 14.3 Å². The number of nitrogens with zero attached hydrogens (tertiary/aromatic N) is 3. The van der Waals surface area contributed by atoms with Gasteiger partial charge >= 0.3 is 0 Å². The van der Waals surface area contributed by atoms with Crippen LogP contribution in [0.5, 0.6) is 0 Å². The van der Waals surface area contributed by atoms with Gasteiger partial charge in [-0.15, -0.1) is 11.8 Å². The van der Waals surface area contributed by atoms with E-state index in [1.807, 2.05) is 13.8 Å². The monoisotopic (exact) mass is 341 g/mol.